The van der Waals surface area contributed by atoms with Crippen molar-refractivity contribution in [3.63, 3.8) is 0 Å². The molecule has 1 heterocycles. The van der Waals surface area contributed by atoms with Gasteiger partial charge < -0.3 is 0 Å². The number of fused-ring (bicyclic) bond motifs is 1. The van der Waals surface area contributed by atoms with Crippen molar-refractivity contribution in [1.29, 1.82) is 0 Å². The summed E-state index contributed by atoms with van der Waals surface area (Å²) in [6.07, 6.45) is -1.67. The Bertz CT molecular complexity index is 845. The highest BCUT2D eigenvalue weighted by Gasteiger charge is 2.51. The van der Waals surface area contributed by atoms with Gasteiger partial charge in [0.1, 0.15) is 0 Å². The number of rotatable bonds is 5. The minimum Gasteiger partial charge on any atom is -0.287 e. The molecule has 2 aromatic carbocycles. The maximum Gasteiger partial charge on any atom is 0.409 e. The van der Waals surface area contributed by atoms with Crippen molar-refractivity contribution in [2.24, 2.45) is 5.41 Å². The topological polar surface area (TPSA) is 32.3 Å². The summed E-state index contributed by atoms with van der Waals surface area (Å²) in [6, 6.07) is 8.72. The van der Waals surface area contributed by atoms with Crippen LogP contribution in [-0.4, -0.2) is 23.6 Å². The first-order valence-corrected chi connectivity index (χ1v) is 9.30. The number of carbonyl (C=O) groups is 1. The molecule has 146 valence electrons. The third-order valence-electron chi connectivity index (χ3n) is 5.19. The third-order valence-corrected chi connectivity index (χ3v) is 5.19. The zero-order valence-electron chi connectivity index (χ0n) is 15.9. The Kier molecular flexibility index (Phi) is 5.21. The Hall–Kier alpha value is -2.08. The number of carbonyl (C=O) groups excluding carboxylic acids is 1. The second kappa shape index (κ2) is 7.15. The van der Waals surface area contributed by atoms with Crippen LogP contribution in [0.15, 0.2) is 36.4 Å². The molecule has 3 nitrogen and oxygen atoms in total. The molecule has 2 aromatic rings. The van der Waals surface area contributed by atoms with E-state index in [9.17, 15) is 18.0 Å². The minimum absolute atomic E-state index is 0.00191. The first-order chi connectivity index (χ1) is 12.6. The maximum absolute atomic E-state index is 14.1. The quantitative estimate of drug-likeness (QED) is 0.780. The summed E-state index contributed by atoms with van der Waals surface area (Å²) in [5.74, 6) is -0.388. The van der Waals surface area contributed by atoms with Crippen molar-refractivity contribution in [2.75, 3.05) is 6.54 Å². The number of alkyl halides is 3. The van der Waals surface area contributed by atoms with Gasteiger partial charge in [-0.05, 0) is 48.6 Å². The van der Waals surface area contributed by atoms with Gasteiger partial charge in [0, 0.05) is 6.54 Å². The molecule has 1 unspecified atom stereocenters. The molecular weight excluding hydrogens is 353 g/mol. The van der Waals surface area contributed by atoms with Gasteiger partial charge in [-0.3, -0.25) is 10.2 Å². The van der Waals surface area contributed by atoms with Gasteiger partial charge >= 0.3 is 6.18 Å². The van der Waals surface area contributed by atoms with Crippen LogP contribution in [0.25, 0.3) is 10.8 Å². The molecule has 3 rings (SSSR count). The van der Waals surface area contributed by atoms with Crippen molar-refractivity contribution in [1.82, 2.24) is 10.4 Å². The highest BCUT2D eigenvalue weighted by Crippen LogP contribution is 2.43. The summed E-state index contributed by atoms with van der Waals surface area (Å²) in [5, 5.41) is 2.48. The lowest BCUT2D eigenvalue weighted by molar-refractivity contribution is -0.191. The van der Waals surface area contributed by atoms with Crippen LogP contribution in [0.3, 0.4) is 0 Å². The number of unbranched alkanes of at least 4 members (excludes halogenated alkanes) is 1. The molecule has 1 saturated heterocycles. The summed E-state index contributed by atoms with van der Waals surface area (Å²) in [7, 11) is 0. The molecule has 0 spiro atoms. The number of nitrogens with zero attached hydrogens (tertiary/aromatic N) is 1. The Morgan fingerprint density at radius 1 is 1.15 bits per heavy atom. The molecule has 27 heavy (non-hydrogen) atoms. The summed E-state index contributed by atoms with van der Waals surface area (Å²) < 4.78 is 42.2. The number of aryl methyl sites for hydroxylation is 1. The van der Waals surface area contributed by atoms with Crippen LogP contribution in [0, 0.1) is 5.41 Å². The zero-order chi connectivity index (χ0) is 19.8. The molecule has 1 amide bonds. The fourth-order valence-corrected chi connectivity index (χ4v) is 3.70. The van der Waals surface area contributed by atoms with Crippen LogP contribution in [0.1, 0.15) is 50.8 Å². The lowest BCUT2D eigenvalue weighted by Crippen LogP contribution is -2.43. The predicted octanol–water partition coefficient (Wildman–Crippen LogP) is 5.16. The number of hydrogen-bond donors (Lipinski definition) is 1. The molecule has 0 saturated carbocycles. The third kappa shape index (κ3) is 3.81. The van der Waals surface area contributed by atoms with E-state index in [4.69, 9.17) is 0 Å². The fraction of sp³-hybridized carbons (Fsp3) is 0.476. The molecular formula is C21H25F3N2O. The molecule has 0 radical (unpaired) electrons. The molecule has 1 N–H and O–H groups in total. The van der Waals surface area contributed by atoms with Crippen LogP contribution in [-0.2, 0) is 11.2 Å². The zero-order valence-corrected chi connectivity index (χ0v) is 15.9. The van der Waals surface area contributed by atoms with E-state index in [-0.39, 0.29) is 18.0 Å². The predicted molar refractivity (Wildman–Crippen MR) is 100.0 cm³/mol. The van der Waals surface area contributed by atoms with Crippen LogP contribution in [0.2, 0.25) is 0 Å². The average Bonchev–Trinajstić information content (AvgIpc) is 2.85. The Morgan fingerprint density at radius 3 is 2.37 bits per heavy atom. The number of amides is 1. The van der Waals surface area contributed by atoms with E-state index in [0.29, 0.717) is 5.39 Å². The summed E-state index contributed by atoms with van der Waals surface area (Å²) in [6.45, 7) is 5.40. The Labute approximate surface area is 157 Å². The Balaban J connectivity index is 2.11. The van der Waals surface area contributed by atoms with E-state index in [1.807, 2.05) is 12.1 Å². The molecule has 6 heteroatoms. The minimum atomic E-state index is -4.51. The van der Waals surface area contributed by atoms with Gasteiger partial charge in [0.2, 0.25) is 5.91 Å². The van der Waals surface area contributed by atoms with Crippen molar-refractivity contribution in [3.8, 4) is 0 Å². The van der Waals surface area contributed by atoms with E-state index in [0.717, 1.165) is 35.2 Å². The summed E-state index contributed by atoms with van der Waals surface area (Å²) in [5.41, 5.74) is 2.81. The number of hydrazine groups is 1. The van der Waals surface area contributed by atoms with Gasteiger partial charge in [-0.1, -0.05) is 49.7 Å². The average molecular weight is 378 g/mol. The van der Waals surface area contributed by atoms with Gasteiger partial charge in [0.05, 0.1) is 5.41 Å². The number of halogens is 3. The van der Waals surface area contributed by atoms with E-state index >= 15 is 0 Å². The van der Waals surface area contributed by atoms with Crippen LogP contribution >= 0.6 is 0 Å². The second-order valence-electron chi connectivity index (χ2n) is 7.86. The van der Waals surface area contributed by atoms with E-state index in [1.165, 1.54) is 0 Å². The van der Waals surface area contributed by atoms with Gasteiger partial charge in [-0.25, -0.2) is 5.01 Å². The normalized spacial score (nSPS) is 18.7. The SMILES string of the molecule is CCCCc1ccc(C(N2CC(C)(C)C(=O)N2)C(F)(F)F)c2ccccc12. The number of nitrogens with one attached hydrogen (secondary N) is 1. The van der Waals surface area contributed by atoms with Crippen LogP contribution in [0.5, 0.6) is 0 Å². The first kappa shape index (κ1) is 19.7. The highest BCUT2D eigenvalue weighted by atomic mass is 19.4. The molecule has 0 aliphatic carbocycles. The molecule has 1 fully saturated rings. The van der Waals surface area contributed by atoms with Gasteiger partial charge in [-0.2, -0.15) is 13.2 Å². The fourth-order valence-electron chi connectivity index (χ4n) is 3.70. The van der Waals surface area contributed by atoms with Gasteiger partial charge in [0.15, 0.2) is 6.04 Å². The van der Waals surface area contributed by atoms with Crippen molar-refractivity contribution >= 4 is 16.7 Å². The van der Waals surface area contributed by atoms with Crippen molar-refractivity contribution in [2.45, 2.75) is 52.3 Å². The molecule has 0 aromatic heterocycles. The van der Waals surface area contributed by atoms with Crippen LogP contribution < -0.4 is 5.43 Å². The molecule has 0 bridgehead atoms. The van der Waals surface area contributed by atoms with E-state index in [2.05, 4.69) is 12.3 Å². The highest BCUT2D eigenvalue weighted by molar-refractivity contribution is 5.89. The van der Waals surface area contributed by atoms with Crippen LogP contribution in [0.4, 0.5) is 13.2 Å². The Morgan fingerprint density at radius 2 is 1.81 bits per heavy atom. The largest absolute Gasteiger partial charge is 0.409 e. The van der Waals surface area contributed by atoms with Crippen molar-refractivity contribution in [3.05, 3.63) is 47.5 Å². The number of benzene rings is 2. The van der Waals surface area contributed by atoms with Gasteiger partial charge in [-0.15, -0.1) is 0 Å². The lowest BCUT2D eigenvalue weighted by atomic mass is 9.91. The van der Waals surface area contributed by atoms with Crippen molar-refractivity contribution < 1.29 is 18.0 Å². The monoisotopic (exact) mass is 378 g/mol. The summed E-state index contributed by atoms with van der Waals surface area (Å²) in [4.78, 5) is 12.1. The van der Waals surface area contributed by atoms with E-state index < -0.39 is 17.6 Å². The molecule has 1 aliphatic rings. The molecule has 1 atom stereocenters. The first-order valence-electron chi connectivity index (χ1n) is 9.30. The lowest BCUT2D eigenvalue weighted by Gasteiger charge is -2.31. The number of hydrogen-bond acceptors (Lipinski definition) is 2. The standard InChI is InChI=1S/C21H25F3N2O/c1-4-5-8-14-11-12-17(16-10-7-6-9-15(14)16)18(21(22,23)24)26-13-20(2,3)19(27)25-26/h6-7,9-12,18H,4-5,8,13H2,1-3H3,(H,25,27). The summed E-state index contributed by atoms with van der Waals surface area (Å²) >= 11 is 0. The molecule has 1 aliphatic heterocycles. The second-order valence-corrected chi connectivity index (χ2v) is 7.86. The van der Waals surface area contributed by atoms with Gasteiger partial charge in [0.25, 0.3) is 0 Å². The smallest absolute Gasteiger partial charge is 0.287 e. The van der Waals surface area contributed by atoms with E-state index in [1.54, 1.807) is 38.1 Å². The maximum atomic E-state index is 14.1.